The Hall–Kier alpha value is -2.95. The van der Waals surface area contributed by atoms with Crippen molar-refractivity contribution >= 4 is 12.2 Å². The summed E-state index contributed by atoms with van der Waals surface area (Å²) in [5, 5.41) is 0. The first kappa shape index (κ1) is 24.2. The first-order chi connectivity index (χ1) is 16.3. The van der Waals surface area contributed by atoms with E-state index in [0.29, 0.717) is 24.0 Å². The predicted molar refractivity (Wildman–Crippen MR) is 127 cm³/mol. The van der Waals surface area contributed by atoms with Crippen molar-refractivity contribution < 1.29 is 22.0 Å². The zero-order valence-electron chi connectivity index (χ0n) is 19.4. The van der Waals surface area contributed by atoms with Crippen molar-refractivity contribution in [1.82, 2.24) is 0 Å². The maximum atomic E-state index is 15.0. The number of halogens is 5. The van der Waals surface area contributed by atoms with Gasteiger partial charge in [-0.15, -0.1) is 0 Å². The Morgan fingerprint density at radius 1 is 0.676 bits per heavy atom. The molecule has 4 rings (SSSR count). The Balaban J connectivity index is 1.65. The minimum atomic E-state index is -1.22. The van der Waals surface area contributed by atoms with Crippen LogP contribution in [0.2, 0.25) is 0 Å². The van der Waals surface area contributed by atoms with Crippen LogP contribution in [0.1, 0.15) is 72.9 Å². The van der Waals surface area contributed by atoms with Gasteiger partial charge in [0.15, 0.2) is 23.3 Å². The topological polar surface area (TPSA) is 0 Å². The zero-order chi connectivity index (χ0) is 24.4. The van der Waals surface area contributed by atoms with Gasteiger partial charge in [0.2, 0.25) is 0 Å². The average Bonchev–Trinajstić information content (AvgIpc) is 3.18. The van der Waals surface area contributed by atoms with E-state index < -0.39 is 29.1 Å². The minimum Gasteiger partial charge on any atom is -0.206 e. The second kappa shape index (κ2) is 10.1. The summed E-state index contributed by atoms with van der Waals surface area (Å²) in [6.45, 7) is 3.96. The van der Waals surface area contributed by atoms with E-state index in [9.17, 15) is 17.6 Å². The van der Waals surface area contributed by atoms with Gasteiger partial charge in [0.1, 0.15) is 5.82 Å². The lowest BCUT2D eigenvalue weighted by atomic mass is 9.98. The lowest BCUT2D eigenvalue weighted by Crippen LogP contribution is -2.00. The van der Waals surface area contributed by atoms with Crippen molar-refractivity contribution in [2.45, 2.75) is 58.8 Å². The molecule has 0 radical (unpaired) electrons. The Morgan fingerprint density at radius 2 is 1.35 bits per heavy atom. The third-order valence-corrected chi connectivity index (χ3v) is 6.41. The molecule has 0 nitrogen and oxygen atoms in total. The standard InChI is InChI=1S/C29H27F5/c1-3-5-6-8-17-9-10-18(23(30)13-17)11-12-20-15-22-16-21-14-19(7-4-2)26(31)28(33)24(21)25(22)29(34)27(20)32/h9-15H,3-8,16H2,1-2H3. The molecule has 0 bridgehead atoms. The molecular weight excluding hydrogens is 443 g/mol. The summed E-state index contributed by atoms with van der Waals surface area (Å²) in [6, 6.07) is 7.90. The minimum absolute atomic E-state index is 0.0647. The van der Waals surface area contributed by atoms with Crippen LogP contribution in [0.25, 0.3) is 23.3 Å². The molecule has 0 heterocycles. The molecule has 3 aromatic rings. The second-order valence-electron chi connectivity index (χ2n) is 8.90. The molecule has 0 aromatic heterocycles. The maximum absolute atomic E-state index is 15.0. The molecule has 0 fully saturated rings. The number of unbranched alkanes of at least 4 members (excludes halogenated alkanes) is 2. The van der Waals surface area contributed by atoms with Crippen LogP contribution >= 0.6 is 0 Å². The van der Waals surface area contributed by atoms with Crippen LogP contribution in [0.3, 0.4) is 0 Å². The van der Waals surface area contributed by atoms with Crippen LogP contribution < -0.4 is 0 Å². The molecule has 1 aliphatic rings. The van der Waals surface area contributed by atoms with E-state index in [-0.39, 0.29) is 34.2 Å². The van der Waals surface area contributed by atoms with E-state index in [0.717, 1.165) is 31.2 Å². The molecule has 0 atom stereocenters. The van der Waals surface area contributed by atoms with Gasteiger partial charge < -0.3 is 0 Å². The highest BCUT2D eigenvalue weighted by Gasteiger charge is 2.31. The van der Waals surface area contributed by atoms with Gasteiger partial charge in [-0.25, -0.2) is 22.0 Å². The molecule has 0 unspecified atom stereocenters. The van der Waals surface area contributed by atoms with Gasteiger partial charge in [-0.05, 0) is 60.1 Å². The quantitative estimate of drug-likeness (QED) is 0.137. The van der Waals surface area contributed by atoms with E-state index in [1.54, 1.807) is 12.1 Å². The second-order valence-corrected chi connectivity index (χ2v) is 8.90. The van der Waals surface area contributed by atoms with Crippen molar-refractivity contribution in [3.63, 3.8) is 0 Å². The lowest BCUT2D eigenvalue weighted by molar-refractivity contribution is 0.494. The van der Waals surface area contributed by atoms with Crippen LogP contribution in [0.15, 0.2) is 30.3 Å². The van der Waals surface area contributed by atoms with Crippen LogP contribution in [-0.4, -0.2) is 0 Å². The van der Waals surface area contributed by atoms with Crippen molar-refractivity contribution in [2.24, 2.45) is 0 Å². The number of benzene rings is 3. The molecule has 0 saturated carbocycles. The molecule has 34 heavy (non-hydrogen) atoms. The van der Waals surface area contributed by atoms with E-state index >= 15 is 4.39 Å². The molecule has 5 heteroatoms. The smallest absolute Gasteiger partial charge is 0.167 e. The van der Waals surface area contributed by atoms with Crippen LogP contribution in [-0.2, 0) is 19.3 Å². The van der Waals surface area contributed by atoms with Crippen molar-refractivity contribution in [3.05, 3.63) is 92.8 Å². The predicted octanol–water partition coefficient (Wildman–Crippen LogP) is 8.81. The highest BCUT2D eigenvalue weighted by Crippen LogP contribution is 2.43. The highest BCUT2D eigenvalue weighted by atomic mass is 19.2. The average molecular weight is 471 g/mol. The van der Waals surface area contributed by atoms with Crippen molar-refractivity contribution in [3.8, 4) is 11.1 Å². The summed E-state index contributed by atoms with van der Waals surface area (Å²) in [4.78, 5) is 0. The summed E-state index contributed by atoms with van der Waals surface area (Å²) in [7, 11) is 0. The molecule has 178 valence electrons. The fraction of sp³-hybridized carbons (Fsp3) is 0.310. The van der Waals surface area contributed by atoms with Gasteiger partial charge >= 0.3 is 0 Å². The normalized spacial score (nSPS) is 12.4. The first-order valence-corrected chi connectivity index (χ1v) is 11.8. The summed E-state index contributed by atoms with van der Waals surface area (Å²) >= 11 is 0. The van der Waals surface area contributed by atoms with E-state index in [4.69, 9.17) is 0 Å². The molecule has 0 aliphatic heterocycles. The number of fused-ring (bicyclic) bond motifs is 3. The van der Waals surface area contributed by atoms with Crippen LogP contribution in [0, 0.1) is 29.1 Å². The maximum Gasteiger partial charge on any atom is 0.167 e. The number of aryl methyl sites for hydroxylation is 2. The van der Waals surface area contributed by atoms with Crippen molar-refractivity contribution in [1.29, 1.82) is 0 Å². The molecule has 0 saturated heterocycles. The van der Waals surface area contributed by atoms with Gasteiger partial charge in [-0.1, -0.05) is 63.5 Å². The number of hydrogen-bond acceptors (Lipinski definition) is 0. The first-order valence-electron chi connectivity index (χ1n) is 11.8. The molecule has 0 spiro atoms. The summed E-state index contributed by atoms with van der Waals surface area (Å²) in [5.74, 6) is -4.96. The van der Waals surface area contributed by atoms with Crippen LogP contribution in [0.4, 0.5) is 22.0 Å². The van der Waals surface area contributed by atoms with Gasteiger partial charge in [-0.3, -0.25) is 0 Å². The summed E-state index contributed by atoms with van der Waals surface area (Å²) < 4.78 is 73.7. The van der Waals surface area contributed by atoms with E-state index in [1.165, 1.54) is 24.3 Å². The van der Waals surface area contributed by atoms with Gasteiger partial charge in [-0.2, -0.15) is 0 Å². The fourth-order valence-corrected chi connectivity index (χ4v) is 4.66. The Kier molecular flexibility index (Phi) is 7.20. The van der Waals surface area contributed by atoms with E-state index in [2.05, 4.69) is 6.92 Å². The molecule has 0 amide bonds. The number of hydrogen-bond donors (Lipinski definition) is 0. The number of rotatable bonds is 8. The Morgan fingerprint density at radius 3 is 2.03 bits per heavy atom. The van der Waals surface area contributed by atoms with Crippen LogP contribution in [0.5, 0.6) is 0 Å². The third kappa shape index (κ3) is 4.53. The molecular formula is C29H27F5. The largest absolute Gasteiger partial charge is 0.206 e. The SMILES string of the molecule is CCCCCc1ccc(C=Cc2cc3c(c(F)c2F)-c2c(cc(CCC)c(F)c2F)C3)c(F)c1. The van der Waals surface area contributed by atoms with Gasteiger partial charge in [0.25, 0.3) is 0 Å². The van der Waals surface area contributed by atoms with Gasteiger partial charge in [0.05, 0.1) is 0 Å². The van der Waals surface area contributed by atoms with E-state index in [1.807, 2.05) is 13.0 Å². The Labute approximate surface area is 197 Å². The molecule has 1 aliphatic carbocycles. The molecule has 0 N–H and O–H groups in total. The summed E-state index contributed by atoms with van der Waals surface area (Å²) in [6.07, 6.45) is 7.82. The monoisotopic (exact) mass is 470 g/mol. The highest BCUT2D eigenvalue weighted by molar-refractivity contribution is 5.81. The summed E-state index contributed by atoms with van der Waals surface area (Å²) in [5.41, 5.74) is 1.73. The third-order valence-electron chi connectivity index (χ3n) is 6.41. The zero-order valence-corrected chi connectivity index (χ0v) is 19.4. The lowest BCUT2D eigenvalue weighted by Gasteiger charge is -2.10. The van der Waals surface area contributed by atoms with Crippen molar-refractivity contribution in [2.75, 3.05) is 0 Å². The Bertz CT molecular complexity index is 1260. The van der Waals surface area contributed by atoms with Gasteiger partial charge in [0, 0.05) is 22.3 Å². The molecule has 3 aromatic carbocycles. The fourth-order valence-electron chi connectivity index (χ4n) is 4.66.